The molecule has 6 nitrogen and oxygen atoms in total. The van der Waals surface area contributed by atoms with Crippen LogP contribution in [0, 0.1) is 10.1 Å². The highest BCUT2D eigenvalue weighted by Gasteiger charge is 2.79. The molecule has 2 fully saturated rings. The number of carbonyl (C=O) groups is 2. The maximum atomic E-state index is 14.9. The molecular formula is C33H24N2O4. The summed E-state index contributed by atoms with van der Waals surface area (Å²) in [7, 11) is 0. The van der Waals surface area contributed by atoms with Gasteiger partial charge in [-0.1, -0.05) is 84.9 Å². The lowest BCUT2D eigenvalue weighted by atomic mass is 9.55. The molecule has 39 heavy (non-hydrogen) atoms. The van der Waals surface area contributed by atoms with Crippen LogP contribution in [0.25, 0.3) is 11.1 Å². The summed E-state index contributed by atoms with van der Waals surface area (Å²) in [6.07, 6.45) is 1.72. The van der Waals surface area contributed by atoms with Crippen LogP contribution < -0.4 is 0 Å². The molecule has 0 amide bonds. The Morgan fingerprint density at radius 2 is 1.23 bits per heavy atom. The highest BCUT2D eigenvalue weighted by atomic mass is 16.6. The monoisotopic (exact) mass is 512 g/mol. The van der Waals surface area contributed by atoms with Crippen molar-refractivity contribution >= 4 is 17.3 Å². The smallest absolute Gasteiger partial charge is 0.269 e. The lowest BCUT2D eigenvalue weighted by Gasteiger charge is -2.46. The molecule has 2 aliphatic heterocycles. The Kier molecular flexibility index (Phi) is 4.38. The summed E-state index contributed by atoms with van der Waals surface area (Å²) >= 11 is 0. The fraction of sp³-hybridized carbons (Fsp3) is 0.212. The van der Waals surface area contributed by atoms with Gasteiger partial charge in [-0.3, -0.25) is 24.6 Å². The highest BCUT2D eigenvalue weighted by Crippen LogP contribution is 2.70. The van der Waals surface area contributed by atoms with Gasteiger partial charge in [-0.15, -0.1) is 0 Å². The van der Waals surface area contributed by atoms with Crippen LogP contribution in [0.4, 0.5) is 5.69 Å². The molecule has 2 spiro atoms. The second-order valence-corrected chi connectivity index (χ2v) is 11.0. The number of nitrogens with zero attached hydrogens (tertiary/aromatic N) is 2. The van der Waals surface area contributed by atoms with Gasteiger partial charge < -0.3 is 0 Å². The van der Waals surface area contributed by atoms with Gasteiger partial charge in [-0.05, 0) is 47.2 Å². The Morgan fingerprint density at radius 1 is 0.718 bits per heavy atom. The standard InChI is InChI=1S/C33H24N2O4/c36-30-24-10-1-2-11-25(24)31(37)33(30)32(26-12-5-3-8-22(26)23-9-4-6-13-27(23)32)29(28-14-7-19-34(28)33)20-15-17-21(18-16-20)35(38)39/h1-6,8-13,15-18,28-29H,7,14,19H2/t28?,29-/m0/s1. The summed E-state index contributed by atoms with van der Waals surface area (Å²) in [5.41, 5.74) is 3.53. The fourth-order valence-corrected chi connectivity index (χ4v) is 8.56. The molecule has 2 heterocycles. The highest BCUT2D eigenvalue weighted by molar-refractivity contribution is 6.35. The third-order valence-corrected chi connectivity index (χ3v) is 9.68. The van der Waals surface area contributed by atoms with Gasteiger partial charge in [0.25, 0.3) is 5.69 Å². The second kappa shape index (κ2) is 7.58. The number of nitro benzene ring substituents is 1. The van der Waals surface area contributed by atoms with Crippen LogP contribution in [0.15, 0.2) is 97.1 Å². The van der Waals surface area contributed by atoms with E-state index in [2.05, 4.69) is 29.2 Å². The van der Waals surface area contributed by atoms with Gasteiger partial charge in [0.1, 0.15) is 0 Å². The van der Waals surface area contributed by atoms with Crippen LogP contribution in [-0.2, 0) is 5.41 Å². The zero-order valence-corrected chi connectivity index (χ0v) is 21.0. The normalized spacial score (nSPS) is 23.2. The molecule has 6 heteroatoms. The largest absolute Gasteiger partial charge is 0.291 e. The van der Waals surface area contributed by atoms with Crippen molar-refractivity contribution in [1.82, 2.24) is 4.90 Å². The number of nitro groups is 1. The van der Waals surface area contributed by atoms with Crippen molar-refractivity contribution in [3.63, 3.8) is 0 Å². The minimum atomic E-state index is -1.44. The van der Waals surface area contributed by atoms with Crippen molar-refractivity contribution in [3.05, 3.63) is 135 Å². The van der Waals surface area contributed by atoms with E-state index in [1.807, 2.05) is 48.5 Å². The number of fused-ring (bicyclic) bond motifs is 9. The Labute approximate surface area is 225 Å². The first kappa shape index (κ1) is 22.6. The molecule has 0 bridgehead atoms. The lowest BCUT2D eigenvalue weighted by Crippen LogP contribution is -2.64. The number of ketones is 2. The first-order valence-electron chi connectivity index (χ1n) is 13.4. The third kappa shape index (κ3) is 2.42. The lowest BCUT2D eigenvalue weighted by molar-refractivity contribution is -0.384. The van der Waals surface area contributed by atoms with E-state index >= 15 is 0 Å². The van der Waals surface area contributed by atoms with Crippen molar-refractivity contribution in [3.8, 4) is 11.1 Å². The number of hydrogen-bond donors (Lipinski definition) is 0. The summed E-state index contributed by atoms with van der Waals surface area (Å²) in [4.78, 5) is 43.2. The Hall–Kier alpha value is -4.42. The van der Waals surface area contributed by atoms with E-state index in [1.54, 1.807) is 24.3 Å². The minimum Gasteiger partial charge on any atom is -0.291 e. The van der Waals surface area contributed by atoms with Gasteiger partial charge in [0.05, 0.1) is 10.3 Å². The molecular weight excluding hydrogens is 488 g/mol. The molecule has 0 radical (unpaired) electrons. The number of rotatable bonds is 2. The van der Waals surface area contributed by atoms with Crippen molar-refractivity contribution < 1.29 is 14.5 Å². The minimum absolute atomic E-state index is 0.0245. The Balaban J connectivity index is 1.53. The van der Waals surface area contributed by atoms with Crippen LogP contribution >= 0.6 is 0 Å². The van der Waals surface area contributed by atoms with Gasteiger partial charge in [0.2, 0.25) is 0 Å². The van der Waals surface area contributed by atoms with E-state index in [1.165, 1.54) is 0 Å². The van der Waals surface area contributed by atoms with Gasteiger partial charge in [-0.2, -0.15) is 0 Å². The number of benzene rings is 4. The van der Waals surface area contributed by atoms with Crippen LogP contribution in [-0.4, -0.2) is 39.5 Å². The first-order valence-corrected chi connectivity index (χ1v) is 13.4. The predicted molar refractivity (Wildman–Crippen MR) is 146 cm³/mol. The number of carbonyl (C=O) groups excluding carboxylic acids is 2. The Morgan fingerprint density at radius 3 is 1.77 bits per heavy atom. The molecule has 4 aromatic rings. The van der Waals surface area contributed by atoms with E-state index in [0.29, 0.717) is 17.7 Å². The Bertz CT molecular complexity index is 1660. The molecule has 0 saturated carbocycles. The van der Waals surface area contributed by atoms with E-state index < -0.39 is 15.9 Å². The van der Waals surface area contributed by atoms with E-state index in [0.717, 1.165) is 40.7 Å². The molecule has 8 rings (SSSR count). The first-order chi connectivity index (χ1) is 19.0. The molecule has 1 unspecified atom stereocenters. The topological polar surface area (TPSA) is 80.5 Å². The third-order valence-electron chi connectivity index (χ3n) is 9.68. The fourth-order valence-electron chi connectivity index (χ4n) is 8.56. The average Bonchev–Trinajstić information content (AvgIpc) is 3.68. The summed E-state index contributed by atoms with van der Waals surface area (Å²) in [6.45, 7) is 0.645. The zero-order chi connectivity index (χ0) is 26.5. The van der Waals surface area contributed by atoms with Gasteiger partial charge in [-0.25, -0.2) is 0 Å². The van der Waals surface area contributed by atoms with Crippen LogP contribution in [0.5, 0.6) is 0 Å². The number of non-ortho nitro benzene ring substituents is 1. The average molecular weight is 513 g/mol. The summed E-state index contributed by atoms with van der Waals surface area (Å²) in [5.74, 6) is -0.523. The summed E-state index contributed by atoms with van der Waals surface area (Å²) in [6, 6.07) is 30.3. The van der Waals surface area contributed by atoms with E-state index in [-0.39, 0.29) is 29.2 Å². The molecule has 2 atom stereocenters. The molecule has 2 aliphatic carbocycles. The molecule has 190 valence electrons. The SMILES string of the molecule is O=C1c2ccccc2C(=O)C12N1CCCC1[C@H](c1ccc([N+](=O)[O-])cc1)C21c2ccccc2-c2ccccc21. The molecule has 2 saturated heterocycles. The summed E-state index contributed by atoms with van der Waals surface area (Å²) in [5, 5.41) is 11.5. The van der Waals surface area contributed by atoms with Gasteiger partial charge >= 0.3 is 0 Å². The van der Waals surface area contributed by atoms with Gasteiger partial charge in [0, 0.05) is 35.2 Å². The number of hydrogen-bond acceptors (Lipinski definition) is 5. The second-order valence-electron chi connectivity index (χ2n) is 11.0. The maximum absolute atomic E-state index is 14.9. The van der Waals surface area contributed by atoms with Crippen LogP contribution in [0.2, 0.25) is 0 Å². The molecule has 0 aromatic heterocycles. The van der Waals surface area contributed by atoms with Gasteiger partial charge in [0.15, 0.2) is 17.1 Å². The van der Waals surface area contributed by atoms with E-state index in [9.17, 15) is 19.7 Å². The van der Waals surface area contributed by atoms with Crippen LogP contribution in [0.3, 0.4) is 0 Å². The molecule has 4 aromatic carbocycles. The van der Waals surface area contributed by atoms with E-state index in [4.69, 9.17) is 0 Å². The van der Waals surface area contributed by atoms with Crippen molar-refractivity contribution in [2.24, 2.45) is 0 Å². The van der Waals surface area contributed by atoms with Crippen molar-refractivity contribution in [2.75, 3.05) is 6.54 Å². The zero-order valence-electron chi connectivity index (χ0n) is 21.0. The number of Topliss-reactive ketones (excluding diaryl/α,β-unsaturated/α-hetero) is 2. The molecule has 0 N–H and O–H groups in total. The van der Waals surface area contributed by atoms with Crippen molar-refractivity contribution in [2.45, 2.75) is 35.8 Å². The van der Waals surface area contributed by atoms with Crippen molar-refractivity contribution in [1.29, 1.82) is 0 Å². The summed E-state index contributed by atoms with van der Waals surface area (Å²) < 4.78 is 0. The van der Waals surface area contributed by atoms with Crippen LogP contribution in [0.1, 0.15) is 56.2 Å². The quantitative estimate of drug-likeness (QED) is 0.189. The predicted octanol–water partition coefficient (Wildman–Crippen LogP) is 5.94. The molecule has 4 aliphatic rings. The maximum Gasteiger partial charge on any atom is 0.269 e.